The molecule has 0 spiro atoms. The third kappa shape index (κ3) is 5.45. The molecule has 26 heavy (non-hydrogen) atoms. The normalized spacial score (nSPS) is 10.5. The lowest BCUT2D eigenvalue weighted by molar-refractivity contribution is -0.118. The number of methoxy groups -OCH3 is 1. The Hall–Kier alpha value is -2.10. The minimum atomic E-state index is 0.000920. The van der Waals surface area contributed by atoms with Crippen molar-refractivity contribution in [1.29, 1.82) is 0 Å². The van der Waals surface area contributed by atoms with E-state index in [9.17, 15) is 4.79 Å². The molecule has 0 aliphatic carbocycles. The van der Waals surface area contributed by atoms with Crippen molar-refractivity contribution in [3.8, 4) is 5.75 Å². The third-order valence-corrected chi connectivity index (χ3v) is 6.26. The van der Waals surface area contributed by atoms with Crippen LogP contribution in [-0.2, 0) is 11.2 Å². The first-order chi connectivity index (χ1) is 12.7. The largest absolute Gasteiger partial charge is 0.495 e. The summed E-state index contributed by atoms with van der Waals surface area (Å²) in [6.45, 7) is 0.649. The molecule has 2 heterocycles. The van der Waals surface area contributed by atoms with Gasteiger partial charge in [-0.05, 0) is 30.0 Å². The van der Waals surface area contributed by atoms with Crippen molar-refractivity contribution in [2.45, 2.75) is 10.8 Å². The van der Waals surface area contributed by atoms with Gasteiger partial charge in [0.15, 0.2) is 4.34 Å². The van der Waals surface area contributed by atoms with Gasteiger partial charge in [-0.15, -0.1) is 21.5 Å². The fourth-order valence-electron chi connectivity index (χ4n) is 2.14. The smallest absolute Gasteiger partial charge is 0.230 e. The monoisotopic (exact) mass is 406 g/mol. The molecule has 2 N–H and O–H groups in total. The van der Waals surface area contributed by atoms with Gasteiger partial charge in [-0.1, -0.05) is 41.3 Å². The fraction of sp³-hybridized carbons (Fsp3) is 0.235. The Kier molecular flexibility index (Phi) is 6.87. The lowest BCUT2D eigenvalue weighted by Gasteiger charge is -2.07. The molecule has 3 aromatic rings. The number of rotatable bonds is 9. The summed E-state index contributed by atoms with van der Waals surface area (Å²) in [5.41, 5.74) is 0.828. The number of hydrogen-bond donors (Lipinski definition) is 2. The molecule has 136 valence electrons. The number of ether oxygens (including phenoxy) is 1. The molecule has 1 aromatic carbocycles. The Bertz CT molecular complexity index is 836. The Morgan fingerprint density at radius 1 is 1.23 bits per heavy atom. The number of para-hydroxylation sites is 2. The third-order valence-electron chi connectivity index (χ3n) is 3.36. The number of nitrogens with one attached hydrogen (secondary N) is 2. The van der Waals surface area contributed by atoms with E-state index in [2.05, 4.69) is 26.9 Å². The zero-order valence-electron chi connectivity index (χ0n) is 14.1. The highest BCUT2D eigenvalue weighted by Crippen LogP contribution is 2.31. The topological polar surface area (TPSA) is 76.1 Å². The molecule has 0 atom stereocenters. The predicted octanol–water partition coefficient (Wildman–Crippen LogP) is 3.80. The Labute approximate surface area is 164 Å². The molecule has 9 heteroatoms. The maximum atomic E-state index is 11.9. The van der Waals surface area contributed by atoms with E-state index in [1.807, 2.05) is 35.7 Å². The Balaban J connectivity index is 1.44. The van der Waals surface area contributed by atoms with Gasteiger partial charge in [0.2, 0.25) is 11.0 Å². The van der Waals surface area contributed by atoms with E-state index in [0.717, 1.165) is 22.2 Å². The van der Waals surface area contributed by atoms with Crippen LogP contribution in [0.25, 0.3) is 0 Å². The van der Waals surface area contributed by atoms with Crippen molar-refractivity contribution in [2.24, 2.45) is 0 Å². The molecule has 0 fully saturated rings. The summed E-state index contributed by atoms with van der Waals surface area (Å²) in [5, 5.41) is 17.0. The minimum Gasteiger partial charge on any atom is -0.495 e. The van der Waals surface area contributed by atoms with E-state index in [1.165, 1.54) is 28.0 Å². The number of carbonyl (C=O) groups excluding carboxylic acids is 1. The number of amides is 1. The van der Waals surface area contributed by atoms with E-state index in [-0.39, 0.29) is 5.91 Å². The van der Waals surface area contributed by atoms with Crippen LogP contribution in [-0.4, -0.2) is 35.5 Å². The molecule has 0 bridgehead atoms. The predicted molar refractivity (Wildman–Crippen MR) is 108 cm³/mol. The Morgan fingerprint density at radius 3 is 2.92 bits per heavy atom. The van der Waals surface area contributed by atoms with Crippen molar-refractivity contribution in [1.82, 2.24) is 15.5 Å². The first kappa shape index (κ1) is 18.7. The summed E-state index contributed by atoms with van der Waals surface area (Å²) >= 11 is 4.49. The van der Waals surface area contributed by atoms with Gasteiger partial charge in [0.05, 0.1) is 18.6 Å². The molecular weight excluding hydrogens is 388 g/mol. The minimum absolute atomic E-state index is 0.000920. The SMILES string of the molecule is COc1ccccc1Nc1nnc(SCC(=O)NCCc2cccs2)s1. The van der Waals surface area contributed by atoms with Crippen LogP contribution in [0, 0.1) is 0 Å². The molecule has 6 nitrogen and oxygen atoms in total. The van der Waals surface area contributed by atoms with E-state index >= 15 is 0 Å². The van der Waals surface area contributed by atoms with Crippen LogP contribution in [0.5, 0.6) is 5.75 Å². The van der Waals surface area contributed by atoms with Crippen molar-refractivity contribution in [3.63, 3.8) is 0 Å². The van der Waals surface area contributed by atoms with Gasteiger partial charge in [0.1, 0.15) is 5.75 Å². The summed E-state index contributed by atoms with van der Waals surface area (Å²) in [7, 11) is 1.62. The van der Waals surface area contributed by atoms with Crippen LogP contribution in [0.4, 0.5) is 10.8 Å². The molecule has 0 aliphatic heterocycles. The van der Waals surface area contributed by atoms with Gasteiger partial charge in [0, 0.05) is 11.4 Å². The van der Waals surface area contributed by atoms with Crippen molar-refractivity contribution in [2.75, 3.05) is 24.7 Å². The molecule has 0 saturated carbocycles. The second kappa shape index (κ2) is 9.56. The second-order valence-electron chi connectivity index (χ2n) is 5.17. The first-order valence-electron chi connectivity index (χ1n) is 7.90. The highest BCUT2D eigenvalue weighted by Gasteiger charge is 2.10. The van der Waals surface area contributed by atoms with E-state index in [1.54, 1.807) is 18.4 Å². The van der Waals surface area contributed by atoms with E-state index in [4.69, 9.17) is 4.74 Å². The van der Waals surface area contributed by atoms with Crippen LogP contribution in [0.2, 0.25) is 0 Å². The van der Waals surface area contributed by atoms with Crippen LogP contribution in [0.15, 0.2) is 46.1 Å². The number of nitrogens with zero attached hydrogens (tertiary/aromatic N) is 2. The van der Waals surface area contributed by atoms with Gasteiger partial charge < -0.3 is 15.4 Å². The van der Waals surface area contributed by atoms with Crippen LogP contribution >= 0.6 is 34.4 Å². The number of carbonyl (C=O) groups is 1. The molecule has 0 saturated heterocycles. The van der Waals surface area contributed by atoms with E-state index < -0.39 is 0 Å². The quantitative estimate of drug-likeness (QED) is 0.527. The number of aromatic nitrogens is 2. The molecular formula is C17H18N4O2S3. The zero-order valence-corrected chi connectivity index (χ0v) is 16.5. The molecule has 3 rings (SSSR count). The number of hydrogen-bond acceptors (Lipinski definition) is 8. The lowest BCUT2D eigenvalue weighted by Crippen LogP contribution is -2.27. The number of thioether (sulfide) groups is 1. The first-order valence-corrected chi connectivity index (χ1v) is 10.6. The molecule has 1 amide bonds. The van der Waals surface area contributed by atoms with Crippen LogP contribution in [0.1, 0.15) is 4.88 Å². The number of thiophene rings is 1. The Morgan fingerprint density at radius 2 is 2.12 bits per heavy atom. The average Bonchev–Trinajstić information content (AvgIpc) is 3.32. The second-order valence-corrected chi connectivity index (χ2v) is 8.40. The number of benzene rings is 1. The lowest BCUT2D eigenvalue weighted by atomic mass is 10.3. The van der Waals surface area contributed by atoms with Crippen molar-refractivity contribution < 1.29 is 9.53 Å². The van der Waals surface area contributed by atoms with Gasteiger partial charge in [-0.25, -0.2) is 0 Å². The molecule has 0 aliphatic rings. The molecule has 0 unspecified atom stereocenters. The highest BCUT2D eigenvalue weighted by molar-refractivity contribution is 8.01. The number of anilines is 2. The van der Waals surface area contributed by atoms with Crippen LogP contribution in [0.3, 0.4) is 0 Å². The van der Waals surface area contributed by atoms with Crippen molar-refractivity contribution in [3.05, 3.63) is 46.7 Å². The standard InChI is InChI=1S/C17H18N4O2S3/c1-23-14-7-3-2-6-13(14)19-16-20-21-17(26-16)25-11-15(22)18-9-8-12-5-4-10-24-12/h2-7,10H,8-9,11H2,1H3,(H,18,22)(H,19,20). The van der Waals surface area contributed by atoms with Gasteiger partial charge in [-0.2, -0.15) is 0 Å². The fourth-order valence-corrected chi connectivity index (χ4v) is 4.44. The maximum absolute atomic E-state index is 11.9. The zero-order chi connectivity index (χ0) is 18.2. The summed E-state index contributed by atoms with van der Waals surface area (Å²) in [6, 6.07) is 11.7. The average molecular weight is 407 g/mol. The van der Waals surface area contributed by atoms with Gasteiger partial charge in [0.25, 0.3) is 0 Å². The van der Waals surface area contributed by atoms with Gasteiger partial charge >= 0.3 is 0 Å². The highest BCUT2D eigenvalue weighted by atomic mass is 32.2. The molecule has 0 radical (unpaired) electrons. The summed E-state index contributed by atoms with van der Waals surface area (Å²) in [6.07, 6.45) is 0.861. The van der Waals surface area contributed by atoms with Crippen molar-refractivity contribution >= 4 is 51.2 Å². The van der Waals surface area contributed by atoms with E-state index in [0.29, 0.717) is 17.4 Å². The summed E-state index contributed by atoms with van der Waals surface area (Å²) in [4.78, 5) is 13.2. The maximum Gasteiger partial charge on any atom is 0.230 e. The molecule has 2 aromatic heterocycles. The summed E-state index contributed by atoms with van der Waals surface area (Å²) in [5.74, 6) is 1.07. The van der Waals surface area contributed by atoms with Gasteiger partial charge in [-0.3, -0.25) is 4.79 Å². The van der Waals surface area contributed by atoms with Crippen LogP contribution < -0.4 is 15.4 Å². The summed E-state index contributed by atoms with van der Waals surface area (Å²) < 4.78 is 6.05.